The van der Waals surface area contributed by atoms with Gasteiger partial charge in [0.15, 0.2) is 0 Å². The van der Waals surface area contributed by atoms with Gasteiger partial charge in [0.2, 0.25) is 0 Å². The van der Waals surface area contributed by atoms with Crippen molar-refractivity contribution in [1.29, 1.82) is 0 Å². The van der Waals surface area contributed by atoms with Crippen LogP contribution in [-0.2, 0) is 4.79 Å². The maximum atomic E-state index is 13.5. The molecule has 116 valence electrons. The Morgan fingerprint density at radius 2 is 1.81 bits per heavy atom. The molecule has 0 spiro atoms. The molecule has 1 rings (SSSR count). The molecule has 0 aliphatic heterocycles. The first kappa shape index (κ1) is 16.9. The van der Waals surface area contributed by atoms with Crippen LogP contribution in [0.25, 0.3) is 0 Å². The Morgan fingerprint density at radius 3 is 2.29 bits per heavy atom. The van der Waals surface area contributed by atoms with Crippen LogP contribution in [0.5, 0.6) is 0 Å². The van der Waals surface area contributed by atoms with Crippen LogP contribution < -0.4 is 10.6 Å². The van der Waals surface area contributed by atoms with Gasteiger partial charge in [0, 0.05) is 0 Å². The van der Waals surface area contributed by atoms with E-state index in [9.17, 15) is 14.0 Å². The Hall–Kier alpha value is -2.11. The summed E-state index contributed by atoms with van der Waals surface area (Å²) in [6.45, 7) is 6.77. The SMILES string of the molecule is Cc1ccc(C(C)NC(=O)N[C@@H](C(=O)O)C(C)C)cc1F. The molecule has 0 fully saturated rings. The smallest absolute Gasteiger partial charge is 0.326 e. The monoisotopic (exact) mass is 296 g/mol. The van der Waals surface area contributed by atoms with Crippen LogP contribution in [0.2, 0.25) is 0 Å². The highest BCUT2D eigenvalue weighted by Gasteiger charge is 2.24. The van der Waals surface area contributed by atoms with E-state index in [1.807, 2.05) is 0 Å². The lowest BCUT2D eigenvalue weighted by Gasteiger charge is -2.21. The summed E-state index contributed by atoms with van der Waals surface area (Å²) in [6, 6.07) is 2.73. The van der Waals surface area contributed by atoms with E-state index in [2.05, 4.69) is 10.6 Å². The minimum absolute atomic E-state index is 0.236. The molecule has 0 aliphatic rings. The van der Waals surface area contributed by atoms with E-state index in [4.69, 9.17) is 5.11 Å². The predicted octanol–water partition coefficient (Wildman–Crippen LogP) is 2.60. The van der Waals surface area contributed by atoms with Crippen LogP contribution >= 0.6 is 0 Å². The molecule has 0 heterocycles. The lowest BCUT2D eigenvalue weighted by molar-refractivity contribution is -0.140. The lowest BCUT2D eigenvalue weighted by Crippen LogP contribution is -2.49. The number of aliphatic carboxylic acids is 1. The van der Waals surface area contributed by atoms with E-state index < -0.39 is 24.1 Å². The van der Waals surface area contributed by atoms with Gasteiger partial charge in [0.05, 0.1) is 6.04 Å². The zero-order valence-corrected chi connectivity index (χ0v) is 12.6. The minimum atomic E-state index is -1.09. The molecule has 2 amide bonds. The summed E-state index contributed by atoms with van der Waals surface area (Å²) in [6.07, 6.45) is 0. The van der Waals surface area contributed by atoms with E-state index in [0.29, 0.717) is 11.1 Å². The van der Waals surface area contributed by atoms with Gasteiger partial charge in [-0.15, -0.1) is 0 Å². The van der Waals surface area contributed by atoms with Gasteiger partial charge in [0.25, 0.3) is 0 Å². The summed E-state index contributed by atoms with van der Waals surface area (Å²) in [5.74, 6) is -1.67. The maximum absolute atomic E-state index is 13.5. The summed E-state index contributed by atoms with van der Waals surface area (Å²) >= 11 is 0. The van der Waals surface area contributed by atoms with Crippen molar-refractivity contribution in [2.45, 2.75) is 39.8 Å². The number of carboxylic acid groups (broad SMARTS) is 1. The second-order valence-electron chi connectivity index (χ2n) is 5.41. The van der Waals surface area contributed by atoms with Crippen LogP contribution in [0.15, 0.2) is 18.2 Å². The highest BCUT2D eigenvalue weighted by molar-refractivity contribution is 5.82. The molecule has 1 aromatic rings. The molecule has 6 heteroatoms. The molecule has 0 aromatic heterocycles. The third-order valence-corrected chi connectivity index (χ3v) is 3.26. The van der Waals surface area contributed by atoms with E-state index >= 15 is 0 Å². The summed E-state index contributed by atoms with van der Waals surface area (Å²) in [5, 5.41) is 14.0. The van der Waals surface area contributed by atoms with Gasteiger partial charge in [0.1, 0.15) is 11.9 Å². The van der Waals surface area contributed by atoms with E-state index in [1.165, 1.54) is 6.07 Å². The number of aryl methyl sites for hydroxylation is 1. The third kappa shape index (κ3) is 4.73. The molecule has 1 unspecified atom stereocenters. The van der Waals surface area contributed by atoms with Crippen LogP contribution in [0, 0.1) is 18.7 Å². The molecule has 2 atom stereocenters. The summed E-state index contributed by atoms with van der Waals surface area (Å²) < 4.78 is 13.5. The molecule has 0 bridgehead atoms. The van der Waals surface area contributed by atoms with Crippen LogP contribution in [0.3, 0.4) is 0 Å². The lowest BCUT2D eigenvalue weighted by atomic mass is 10.0. The molecular formula is C15H21FN2O3. The van der Waals surface area contributed by atoms with Crippen molar-refractivity contribution in [2.75, 3.05) is 0 Å². The zero-order chi connectivity index (χ0) is 16.2. The summed E-state index contributed by atoms with van der Waals surface area (Å²) in [4.78, 5) is 22.8. The molecule has 3 N–H and O–H groups in total. The number of hydrogen-bond donors (Lipinski definition) is 3. The highest BCUT2D eigenvalue weighted by Crippen LogP contribution is 2.16. The van der Waals surface area contributed by atoms with E-state index in [-0.39, 0.29) is 11.7 Å². The Labute approximate surface area is 123 Å². The van der Waals surface area contributed by atoms with Gasteiger partial charge >= 0.3 is 12.0 Å². The van der Waals surface area contributed by atoms with Crippen LogP contribution in [-0.4, -0.2) is 23.1 Å². The second-order valence-corrected chi connectivity index (χ2v) is 5.41. The fraction of sp³-hybridized carbons (Fsp3) is 0.467. The van der Waals surface area contributed by atoms with Crippen molar-refractivity contribution < 1.29 is 19.1 Å². The minimum Gasteiger partial charge on any atom is -0.480 e. The quantitative estimate of drug-likeness (QED) is 0.781. The number of rotatable bonds is 5. The van der Waals surface area contributed by atoms with Gasteiger partial charge in [-0.2, -0.15) is 0 Å². The first-order chi connectivity index (χ1) is 9.72. The Morgan fingerprint density at radius 1 is 1.19 bits per heavy atom. The van der Waals surface area contributed by atoms with Gasteiger partial charge in [-0.25, -0.2) is 14.0 Å². The van der Waals surface area contributed by atoms with Gasteiger partial charge in [-0.05, 0) is 37.0 Å². The Kier molecular flexibility index (Phi) is 5.69. The average molecular weight is 296 g/mol. The van der Waals surface area contributed by atoms with Crippen molar-refractivity contribution in [3.63, 3.8) is 0 Å². The summed E-state index contributed by atoms with van der Waals surface area (Å²) in [7, 11) is 0. The Balaban J connectivity index is 2.69. The number of halogens is 1. The number of carbonyl (C=O) groups excluding carboxylic acids is 1. The molecule has 0 aliphatic carbocycles. The van der Waals surface area contributed by atoms with Crippen LogP contribution in [0.4, 0.5) is 9.18 Å². The van der Waals surface area contributed by atoms with E-state index in [0.717, 1.165) is 0 Å². The number of urea groups is 1. The number of benzene rings is 1. The number of amides is 2. The zero-order valence-electron chi connectivity index (χ0n) is 12.6. The normalized spacial score (nSPS) is 13.6. The Bertz CT molecular complexity index is 532. The molecule has 0 saturated carbocycles. The van der Waals surface area contributed by atoms with Gasteiger partial charge in [-0.3, -0.25) is 0 Å². The van der Waals surface area contributed by atoms with Gasteiger partial charge < -0.3 is 15.7 Å². The first-order valence-electron chi connectivity index (χ1n) is 6.78. The van der Waals surface area contributed by atoms with Crippen molar-refractivity contribution >= 4 is 12.0 Å². The molecule has 0 saturated heterocycles. The maximum Gasteiger partial charge on any atom is 0.326 e. The third-order valence-electron chi connectivity index (χ3n) is 3.26. The molecule has 0 radical (unpaired) electrons. The first-order valence-corrected chi connectivity index (χ1v) is 6.78. The predicted molar refractivity (Wildman–Crippen MR) is 77.5 cm³/mol. The number of carboxylic acids is 1. The fourth-order valence-electron chi connectivity index (χ4n) is 1.85. The molecule has 5 nitrogen and oxygen atoms in total. The highest BCUT2D eigenvalue weighted by atomic mass is 19.1. The molecule has 1 aromatic carbocycles. The standard InChI is InChI=1S/C15H21FN2O3/c1-8(2)13(14(19)20)18-15(21)17-10(4)11-6-5-9(3)12(16)7-11/h5-8,10,13H,1-4H3,(H,19,20)(H2,17,18,21)/t10?,13-/m1/s1. The summed E-state index contributed by atoms with van der Waals surface area (Å²) in [5.41, 5.74) is 1.14. The largest absolute Gasteiger partial charge is 0.480 e. The second kappa shape index (κ2) is 7.06. The molecular weight excluding hydrogens is 275 g/mol. The van der Waals surface area contributed by atoms with Crippen LogP contribution in [0.1, 0.15) is 37.9 Å². The fourth-order valence-corrected chi connectivity index (χ4v) is 1.85. The van der Waals surface area contributed by atoms with Crippen molar-refractivity contribution in [1.82, 2.24) is 10.6 Å². The number of nitrogens with one attached hydrogen (secondary N) is 2. The van der Waals surface area contributed by atoms with Crippen molar-refractivity contribution in [3.8, 4) is 0 Å². The van der Waals surface area contributed by atoms with Crippen molar-refractivity contribution in [2.24, 2.45) is 5.92 Å². The average Bonchev–Trinajstić information content (AvgIpc) is 2.38. The number of carbonyl (C=O) groups is 2. The number of hydrogen-bond acceptors (Lipinski definition) is 2. The molecule has 21 heavy (non-hydrogen) atoms. The van der Waals surface area contributed by atoms with Gasteiger partial charge in [-0.1, -0.05) is 26.0 Å². The topological polar surface area (TPSA) is 78.4 Å². The van der Waals surface area contributed by atoms with Crippen molar-refractivity contribution in [3.05, 3.63) is 35.1 Å². The van der Waals surface area contributed by atoms with E-state index in [1.54, 1.807) is 39.8 Å².